The number of rotatable bonds is 14. The maximum absolute atomic E-state index is 12.5. The first-order chi connectivity index (χ1) is 30.3. The second-order valence-corrected chi connectivity index (χ2v) is 14.5. The van der Waals surface area contributed by atoms with Crippen LogP contribution in [0.3, 0.4) is 0 Å². The van der Waals surface area contributed by atoms with Gasteiger partial charge in [0.05, 0.1) is 5.56 Å². The van der Waals surface area contributed by atoms with Crippen molar-refractivity contribution in [1.29, 1.82) is 0 Å². The number of esters is 3. The summed E-state index contributed by atoms with van der Waals surface area (Å²) in [4.78, 5) is 47.4. The Morgan fingerprint density at radius 2 is 1.34 bits per heavy atom. The summed E-state index contributed by atoms with van der Waals surface area (Å²) < 4.78 is 44.8. The van der Waals surface area contributed by atoms with Crippen molar-refractivity contribution in [3.8, 4) is 40.2 Å². The van der Waals surface area contributed by atoms with Crippen LogP contribution in [0.1, 0.15) is 36.1 Å². The number of hydrogen-bond acceptors (Lipinski definition) is 22. The minimum absolute atomic E-state index is 0.000518. The Morgan fingerprint density at radius 3 is 2.00 bits per heavy atom. The molecule has 0 saturated carbocycles. The molecule has 6 rings (SSSR count). The fraction of sp³-hybridized carbons (Fsp3) is 0.366. The number of carboxylic acids is 1. The number of aliphatic carboxylic acids is 1. The lowest BCUT2D eigenvalue weighted by molar-refractivity contribution is -0.294. The Hall–Kier alpha value is -6.86. The summed E-state index contributed by atoms with van der Waals surface area (Å²) in [6.07, 6.45) is -17.5. The highest BCUT2D eigenvalue weighted by atomic mass is 16.7. The molecule has 23 nitrogen and oxygen atoms in total. The second kappa shape index (κ2) is 19.7. The van der Waals surface area contributed by atoms with Crippen LogP contribution in [-0.2, 0) is 47.6 Å². The lowest BCUT2D eigenvalue weighted by Crippen LogP contribution is -2.61. The van der Waals surface area contributed by atoms with Crippen molar-refractivity contribution < 1.29 is 113 Å². The van der Waals surface area contributed by atoms with Crippen LogP contribution in [0.25, 0.3) is 12.2 Å². The third-order valence-electron chi connectivity index (χ3n) is 9.78. The predicted octanol–water partition coefficient (Wildman–Crippen LogP) is -0.455. The molecule has 0 aliphatic carbocycles. The van der Waals surface area contributed by atoms with Gasteiger partial charge in [-0.25, -0.2) is 4.79 Å². The Kier molecular flexibility index (Phi) is 14.3. The molecular weight excluding hydrogens is 860 g/mol. The fourth-order valence-corrected chi connectivity index (χ4v) is 6.63. The van der Waals surface area contributed by atoms with Gasteiger partial charge in [0.25, 0.3) is 0 Å². The first-order valence-electron chi connectivity index (χ1n) is 19.0. The molecule has 0 bridgehead atoms. The maximum atomic E-state index is 12.5. The van der Waals surface area contributed by atoms with Crippen LogP contribution in [-0.4, -0.2) is 155 Å². The minimum atomic E-state index is -2.03. The topological polar surface area (TPSA) is 365 Å². The monoisotopic (exact) mass is 902 g/mol. The van der Waals surface area contributed by atoms with Crippen LogP contribution in [0.4, 0.5) is 0 Å². The van der Waals surface area contributed by atoms with E-state index in [4.69, 9.17) is 43.0 Å². The Bertz CT molecular complexity index is 2250. The number of benzene rings is 3. The van der Waals surface area contributed by atoms with E-state index in [1.54, 1.807) is 0 Å². The molecule has 1 unspecified atom stereocenters. The van der Waals surface area contributed by atoms with Gasteiger partial charge >= 0.3 is 23.9 Å². The van der Waals surface area contributed by atoms with Gasteiger partial charge in [0.1, 0.15) is 91.1 Å². The molecule has 3 aromatic carbocycles. The van der Waals surface area contributed by atoms with E-state index in [9.17, 15) is 70.2 Å². The number of hydrogen-bond donors (Lipinski definition) is 11. The van der Waals surface area contributed by atoms with E-state index in [2.05, 4.69) is 0 Å². The number of aromatic hydroxyl groups is 5. The molecule has 3 aliphatic rings. The van der Waals surface area contributed by atoms with Crippen LogP contribution < -0.4 is 9.47 Å². The number of fused-ring (bicyclic) bond motifs is 1. The number of aliphatic hydroxyl groups is 5. The molecule has 3 heterocycles. The van der Waals surface area contributed by atoms with E-state index in [1.165, 1.54) is 30.3 Å². The predicted molar refractivity (Wildman–Crippen MR) is 207 cm³/mol. The molecule has 11 atom stereocenters. The van der Waals surface area contributed by atoms with Gasteiger partial charge in [-0.2, -0.15) is 0 Å². The van der Waals surface area contributed by atoms with E-state index in [-0.39, 0.29) is 34.1 Å². The largest absolute Gasteiger partial charge is 0.508 e. The van der Waals surface area contributed by atoms with Crippen LogP contribution in [0.2, 0.25) is 0 Å². The number of carboxylic acid groups (broad SMARTS) is 1. The van der Waals surface area contributed by atoms with Crippen LogP contribution in [0.5, 0.6) is 40.2 Å². The molecule has 3 aromatic rings. The number of carbonyl (C=O) groups is 4. The molecule has 2 fully saturated rings. The van der Waals surface area contributed by atoms with Crippen molar-refractivity contribution in [2.45, 2.75) is 80.9 Å². The van der Waals surface area contributed by atoms with Crippen molar-refractivity contribution in [3.05, 3.63) is 77.1 Å². The zero-order valence-electron chi connectivity index (χ0n) is 33.1. The SMILES string of the molecule is CC(=O)O[C@H]1[C@H](O)[C@@H](O)[C@H](Oc2cc(O)cc3c2C=C(O[C@@H]2O[C@H](COC(=O)/C=C/c4ccc(O)cc4)[C@@H](O)[C@H](O)[C@H]2O)C(c2cc(O)c(O)c(O)c2)O3)O[C@@H]1COC(=O)CC(=O)O. The van der Waals surface area contributed by atoms with Gasteiger partial charge in [0.2, 0.25) is 12.6 Å². The molecular formula is C41H42O23. The first-order valence-corrected chi connectivity index (χ1v) is 19.0. The van der Waals surface area contributed by atoms with Crippen molar-refractivity contribution in [1.82, 2.24) is 0 Å². The summed E-state index contributed by atoms with van der Waals surface area (Å²) in [6.45, 7) is -0.512. The molecule has 2 saturated heterocycles. The van der Waals surface area contributed by atoms with Crippen molar-refractivity contribution in [3.63, 3.8) is 0 Å². The summed E-state index contributed by atoms with van der Waals surface area (Å²) in [5, 5.41) is 115. The molecule has 3 aliphatic heterocycles. The Balaban J connectivity index is 1.30. The van der Waals surface area contributed by atoms with Gasteiger partial charge < -0.3 is 94.1 Å². The fourth-order valence-electron chi connectivity index (χ4n) is 6.63. The number of aliphatic hydroxyl groups excluding tert-OH is 5. The first kappa shape index (κ1) is 46.6. The highest BCUT2D eigenvalue weighted by Gasteiger charge is 2.49. The summed E-state index contributed by atoms with van der Waals surface area (Å²) in [7, 11) is 0. The van der Waals surface area contributed by atoms with Gasteiger partial charge in [-0.15, -0.1) is 0 Å². The third-order valence-corrected chi connectivity index (χ3v) is 9.78. The van der Waals surface area contributed by atoms with Crippen LogP contribution in [0.15, 0.2) is 60.4 Å². The quantitative estimate of drug-likeness (QED) is 0.0321. The molecule has 344 valence electrons. The average Bonchev–Trinajstić information content (AvgIpc) is 3.23. The van der Waals surface area contributed by atoms with Crippen LogP contribution >= 0.6 is 0 Å². The minimum Gasteiger partial charge on any atom is -0.508 e. The molecule has 0 radical (unpaired) electrons. The van der Waals surface area contributed by atoms with E-state index in [0.29, 0.717) is 5.56 Å². The van der Waals surface area contributed by atoms with Crippen molar-refractivity contribution >= 4 is 36.0 Å². The normalized spacial score (nSPS) is 27.6. The molecule has 0 aromatic heterocycles. The number of ether oxygens (including phenoxy) is 8. The van der Waals surface area contributed by atoms with Gasteiger partial charge in [0.15, 0.2) is 29.5 Å². The molecule has 0 amide bonds. The number of carbonyl (C=O) groups excluding carboxylic acids is 3. The van der Waals surface area contributed by atoms with Crippen molar-refractivity contribution in [2.24, 2.45) is 0 Å². The highest BCUT2D eigenvalue weighted by Crippen LogP contribution is 2.48. The zero-order valence-corrected chi connectivity index (χ0v) is 33.1. The van der Waals surface area contributed by atoms with E-state index < -0.39 is 134 Å². The van der Waals surface area contributed by atoms with E-state index >= 15 is 0 Å². The number of phenols is 5. The van der Waals surface area contributed by atoms with Gasteiger partial charge in [-0.3, -0.25) is 14.4 Å². The second-order valence-electron chi connectivity index (χ2n) is 14.5. The average molecular weight is 903 g/mol. The zero-order chi connectivity index (χ0) is 46.6. The lowest BCUT2D eigenvalue weighted by Gasteiger charge is -2.42. The van der Waals surface area contributed by atoms with Gasteiger partial charge in [-0.1, -0.05) is 12.1 Å². The van der Waals surface area contributed by atoms with E-state index in [0.717, 1.165) is 43.3 Å². The summed E-state index contributed by atoms with van der Waals surface area (Å²) in [5.41, 5.74) is 0.270. The summed E-state index contributed by atoms with van der Waals surface area (Å²) >= 11 is 0. The Morgan fingerprint density at radius 1 is 0.719 bits per heavy atom. The standard InChI is InChI=1S/C41H42O23/c1-16(42)59-39-28(15-58-31(50)13-29(47)48)64-41(37(56)35(39)54)61-25-11-20(44)10-24-21(25)12-26(38(60-24)18-8-22(45)32(51)23(46)9-18)62-40-36(55)34(53)33(52)27(63-40)14-57-30(49)7-4-17-2-5-19(43)6-3-17/h2-12,27-28,33-41,43-46,51-56H,13-15H2,1H3,(H,47,48)/b7-4+/t27-,28-,33-,34+,35-,36-,37-,38?,39-,40-,41-/m1/s1. The van der Waals surface area contributed by atoms with Crippen LogP contribution in [0, 0.1) is 0 Å². The molecule has 23 heteroatoms. The summed E-state index contributed by atoms with van der Waals surface area (Å²) in [6, 6.07) is 9.80. The third kappa shape index (κ3) is 10.8. The summed E-state index contributed by atoms with van der Waals surface area (Å²) in [5.74, 6) is -8.68. The van der Waals surface area contributed by atoms with Gasteiger partial charge in [0, 0.05) is 30.7 Å². The highest BCUT2D eigenvalue weighted by molar-refractivity contribution is 5.90. The molecule has 0 spiro atoms. The number of phenolic OH excluding ortho intramolecular Hbond substituents is 5. The Labute approximate surface area is 360 Å². The lowest BCUT2D eigenvalue weighted by atomic mass is 9.98. The maximum Gasteiger partial charge on any atom is 0.330 e. The molecule has 64 heavy (non-hydrogen) atoms. The van der Waals surface area contributed by atoms with E-state index in [1.807, 2.05) is 0 Å². The van der Waals surface area contributed by atoms with Crippen molar-refractivity contribution in [2.75, 3.05) is 13.2 Å². The smallest absolute Gasteiger partial charge is 0.330 e. The van der Waals surface area contributed by atoms with Gasteiger partial charge in [-0.05, 0) is 42.0 Å². The molecule has 11 N–H and O–H groups in total.